The Morgan fingerprint density at radius 3 is 2.10 bits per heavy atom. The molecule has 21 heavy (non-hydrogen) atoms. The molecule has 1 heteroatoms. The van der Waals surface area contributed by atoms with Gasteiger partial charge in [-0.05, 0) is 18.6 Å². The van der Waals surface area contributed by atoms with Gasteiger partial charge in [0.05, 0.1) is 0 Å². The van der Waals surface area contributed by atoms with E-state index in [1.165, 1.54) is 17.6 Å². The van der Waals surface area contributed by atoms with Gasteiger partial charge >= 0.3 is 0 Å². The van der Waals surface area contributed by atoms with Gasteiger partial charge < -0.3 is 0 Å². The molecule has 2 bridgehead atoms. The van der Waals surface area contributed by atoms with Gasteiger partial charge in [-0.15, -0.1) is 5.54 Å². The van der Waals surface area contributed by atoms with E-state index in [0.717, 1.165) is 5.56 Å². The van der Waals surface area contributed by atoms with Gasteiger partial charge in [-0.2, -0.15) is 0 Å². The van der Waals surface area contributed by atoms with Crippen molar-refractivity contribution in [2.75, 3.05) is 0 Å². The highest BCUT2D eigenvalue weighted by molar-refractivity contribution is 6.83. The maximum Gasteiger partial charge on any atom is 0.129 e. The highest BCUT2D eigenvalue weighted by atomic mass is 28.3. The van der Waals surface area contributed by atoms with E-state index in [1.54, 1.807) is 0 Å². The number of hydrogen-bond acceptors (Lipinski definition) is 0. The fraction of sp³-hybridized carbons (Fsp3) is 0.300. The normalized spacial score (nSPS) is 22.6. The molecule has 0 amide bonds. The maximum atomic E-state index is 3.51. The van der Waals surface area contributed by atoms with Crippen molar-refractivity contribution in [2.45, 2.75) is 26.1 Å². The molecule has 0 aliphatic heterocycles. The molecule has 0 saturated carbocycles. The van der Waals surface area contributed by atoms with Crippen LogP contribution in [0.1, 0.15) is 12.0 Å². The lowest BCUT2D eigenvalue weighted by molar-refractivity contribution is 0.716. The minimum absolute atomic E-state index is 0.497. The zero-order valence-corrected chi connectivity index (χ0v) is 13.9. The molecular formula is C20H20Si. The van der Waals surface area contributed by atoms with Crippen molar-refractivity contribution in [3.05, 3.63) is 59.2 Å². The van der Waals surface area contributed by atoms with Crippen LogP contribution in [-0.2, 0) is 0 Å². The number of allylic oxidation sites excluding steroid dienone is 4. The predicted octanol–water partition coefficient (Wildman–Crippen LogP) is 4.42. The Kier molecular flexibility index (Phi) is 3.62. The molecule has 0 spiro atoms. The van der Waals surface area contributed by atoms with Crippen LogP contribution in [-0.4, -0.2) is 8.07 Å². The summed E-state index contributed by atoms with van der Waals surface area (Å²) in [5.74, 6) is 11.2. The quantitative estimate of drug-likeness (QED) is 0.376. The number of rotatable bonds is 0. The molecule has 0 saturated heterocycles. The van der Waals surface area contributed by atoms with Crippen molar-refractivity contribution >= 4 is 8.07 Å². The summed E-state index contributed by atoms with van der Waals surface area (Å²) in [6.07, 6.45) is 5.79. The topological polar surface area (TPSA) is 0 Å². The molecule has 0 heterocycles. The molecule has 0 nitrogen and oxygen atoms in total. The molecular weight excluding hydrogens is 268 g/mol. The Balaban J connectivity index is 1.95. The zero-order valence-electron chi connectivity index (χ0n) is 12.9. The van der Waals surface area contributed by atoms with Crippen LogP contribution in [0.4, 0.5) is 0 Å². The number of fused-ring (bicyclic) bond motifs is 2. The molecule has 0 fully saturated rings. The molecule has 3 rings (SSSR count). The number of hydrogen-bond donors (Lipinski definition) is 0. The van der Waals surface area contributed by atoms with Crippen LogP contribution < -0.4 is 0 Å². The molecule has 2 aliphatic rings. The van der Waals surface area contributed by atoms with Gasteiger partial charge in [-0.25, -0.2) is 0 Å². The summed E-state index contributed by atoms with van der Waals surface area (Å²) in [5.41, 5.74) is 7.13. The smallest absolute Gasteiger partial charge is 0.127 e. The largest absolute Gasteiger partial charge is 0.129 e. The van der Waals surface area contributed by atoms with E-state index in [1.807, 2.05) is 18.2 Å². The van der Waals surface area contributed by atoms with E-state index < -0.39 is 8.07 Å². The lowest BCUT2D eigenvalue weighted by atomic mass is 9.97. The predicted molar refractivity (Wildman–Crippen MR) is 92.2 cm³/mol. The van der Waals surface area contributed by atoms with Crippen LogP contribution in [0, 0.1) is 35.1 Å². The first kappa shape index (κ1) is 14.0. The summed E-state index contributed by atoms with van der Waals surface area (Å²) in [4.78, 5) is 0. The van der Waals surface area contributed by atoms with Crippen molar-refractivity contribution in [3.63, 3.8) is 0 Å². The summed E-state index contributed by atoms with van der Waals surface area (Å²) in [5, 5.41) is 0. The second kappa shape index (κ2) is 5.43. The van der Waals surface area contributed by atoms with Crippen LogP contribution >= 0.6 is 0 Å². The molecule has 0 radical (unpaired) electrons. The van der Waals surface area contributed by atoms with Gasteiger partial charge in [0.2, 0.25) is 0 Å². The summed E-state index contributed by atoms with van der Waals surface area (Å²) in [7, 11) is -1.34. The molecule has 1 aromatic rings. The van der Waals surface area contributed by atoms with Gasteiger partial charge in [-0.1, -0.05) is 67.8 Å². The van der Waals surface area contributed by atoms with Crippen molar-refractivity contribution in [2.24, 2.45) is 11.8 Å². The fourth-order valence-corrected chi connectivity index (χ4v) is 3.27. The highest BCUT2D eigenvalue weighted by Gasteiger charge is 2.33. The molecule has 1 aromatic carbocycles. The van der Waals surface area contributed by atoms with E-state index in [0.29, 0.717) is 11.8 Å². The third-order valence-electron chi connectivity index (χ3n) is 3.80. The first-order valence-corrected chi connectivity index (χ1v) is 11.1. The highest BCUT2D eigenvalue weighted by Crippen LogP contribution is 2.43. The van der Waals surface area contributed by atoms with Gasteiger partial charge in [0.15, 0.2) is 0 Å². The molecule has 2 aliphatic carbocycles. The van der Waals surface area contributed by atoms with Gasteiger partial charge in [0, 0.05) is 28.5 Å². The van der Waals surface area contributed by atoms with Crippen LogP contribution in [0.15, 0.2) is 53.6 Å². The van der Waals surface area contributed by atoms with Gasteiger partial charge in [0.1, 0.15) is 8.07 Å². The minimum atomic E-state index is -1.34. The molecule has 2 unspecified atom stereocenters. The van der Waals surface area contributed by atoms with E-state index in [4.69, 9.17) is 0 Å². The average molecular weight is 288 g/mol. The third-order valence-corrected chi connectivity index (χ3v) is 4.68. The Morgan fingerprint density at radius 2 is 1.48 bits per heavy atom. The molecule has 0 aromatic heterocycles. The van der Waals surface area contributed by atoms with Crippen LogP contribution in [0.3, 0.4) is 0 Å². The van der Waals surface area contributed by atoms with E-state index >= 15 is 0 Å². The van der Waals surface area contributed by atoms with Crippen LogP contribution in [0.25, 0.3) is 0 Å². The van der Waals surface area contributed by atoms with Crippen molar-refractivity contribution in [1.29, 1.82) is 0 Å². The maximum absolute atomic E-state index is 3.51. The van der Waals surface area contributed by atoms with Crippen molar-refractivity contribution in [1.82, 2.24) is 0 Å². The van der Waals surface area contributed by atoms with Crippen molar-refractivity contribution < 1.29 is 0 Å². The van der Waals surface area contributed by atoms with Crippen LogP contribution in [0.2, 0.25) is 19.6 Å². The Hall–Kier alpha value is -1.96. The molecule has 0 N–H and O–H groups in total. The molecule has 2 atom stereocenters. The van der Waals surface area contributed by atoms with E-state index in [9.17, 15) is 0 Å². The van der Waals surface area contributed by atoms with Crippen molar-refractivity contribution in [3.8, 4) is 23.3 Å². The SMILES string of the molecule is C[Si](C)(C)C#CC1=C(C#Cc2ccccc2)C2C=CC1C2. The Morgan fingerprint density at radius 1 is 0.857 bits per heavy atom. The van der Waals surface area contributed by atoms with E-state index in [2.05, 4.69) is 67.2 Å². The van der Waals surface area contributed by atoms with Gasteiger partial charge in [-0.3, -0.25) is 0 Å². The summed E-state index contributed by atoms with van der Waals surface area (Å²) < 4.78 is 0. The molecule has 104 valence electrons. The second-order valence-electron chi connectivity index (χ2n) is 6.78. The Bertz CT molecular complexity index is 721. The average Bonchev–Trinajstić information content (AvgIpc) is 3.04. The minimum Gasteiger partial charge on any atom is -0.127 e. The summed E-state index contributed by atoms with van der Waals surface area (Å²) >= 11 is 0. The zero-order chi connectivity index (χ0) is 14.9. The summed E-state index contributed by atoms with van der Waals surface area (Å²) in [6, 6.07) is 10.2. The summed E-state index contributed by atoms with van der Waals surface area (Å²) in [6.45, 7) is 6.87. The third kappa shape index (κ3) is 3.21. The standard InChI is InChI=1S/C20H20Si/c1-21(2,3)14-13-20-18-11-10-17(15-18)19(20)12-9-16-7-5-4-6-8-16/h4-8,10-11,17-18H,15H2,1-3H3. The Labute approximate surface area is 129 Å². The second-order valence-corrected chi connectivity index (χ2v) is 11.5. The van der Waals surface area contributed by atoms with E-state index in [-0.39, 0.29) is 0 Å². The lowest BCUT2D eigenvalue weighted by Gasteiger charge is -2.08. The number of benzene rings is 1. The van der Waals surface area contributed by atoms with Gasteiger partial charge in [0.25, 0.3) is 0 Å². The fourth-order valence-electron chi connectivity index (χ4n) is 2.76. The lowest BCUT2D eigenvalue weighted by Crippen LogP contribution is -2.16. The first-order valence-electron chi connectivity index (χ1n) is 7.55. The monoisotopic (exact) mass is 288 g/mol. The first-order chi connectivity index (χ1) is 10.0. The van der Waals surface area contributed by atoms with Crippen LogP contribution in [0.5, 0.6) is 0 Å².